The lowest BCUT2D eigenvalue weighted by atomic mass is 10.1. The molecular weight excluding hydrogens is 298 g/mol. The van der Waals surface area contributed by atoms with Gasteiger partial charge in [0.25, 0.3) is 0 Å². The minimum atomic E-state index is -2.30. The molecule has 112 valence electrons. The summed E-state index contributed by atoms with van der Waals surface area (Å²) in [5, 5.41) is 4.51. The summed E-state index contributed by atoms with van der Waals surface area (Å²) in [5.41, 5.74) is 3.52. The molecule has 5 nitrogen and oxygen atoms in total. The van der Waals surface area contributed by atoms with E-state index in [4.69, 9.17) is 0 Å². The summed E-state index contributed by atoms with van der Waals surface area (Å²) in [7, 11) is 0. The highest BCUT2D eigenvalue weighted by molar-refractivity contribution is 7.77. The summed E-state index contributed by atoms with van der Waals surface area (Å²) in [5.74, 6) is 0. The van der Waals surface area contributed by atoms with Gasteiger partial charge in [0.05, 0.1) is 23.6 Å². The highest BCUT2D eigenvalue weighted by Gasteiger charge is 2.11. The summed E-state index contributed by atoms with van der Waals surface area (Å²) in [6.45, 7) is 0.162. The fourth-order valence-electron chi connectivity index (χ4n) is 2.23. The molecule has 6 heteroatoms. The molecule has 0 spiro atoms. The molecule has 2 aromatic carbocycles. The Morgan fingerprint density at radius 3 is 2.32 bits per heavy atom. The van der Waals surface area contributed by atoms with Gasteiger partial charge in [-0.1, -0.05) is 48.5 Å². The van der Waals surface area contributed by atoms with E-state index < -0.39 is 11.3 Å². The van der Waals surface area contributed by atoms with Crippen molar-refractivity contribution < 1.29 is 8.76 Å². The average Bonchev–Trinajstić information content (AvgIpc) is 2.99. The van der Waals surface area contributed by atoms with E-state index in [9.17, 15) is 8.76 Å². The maximum atomic E-state index is 10.7. The number of hydrogen-bond acceptors (Lipinski definition) is 3. The Bertz CT molecular complexity index is 716. The molecule has 0 radical (unpaired) electrons. The molecule has 3 rings (SSSR count). The van der Waals surface area contributed by atoms with Gasteiger partial charge >= 0.3 is 0 Å². The van der Waals surface area contributed by atoms with E-state index in [1.54, 1.807) is 0 Å². The zero-order valence-corrected chi connectivity index (χ0v) is 12.5. The molecule has 0 bridgehead atoms. The van der Waals surface area contributed by atoms with Crippen LogP contribution >= 0.6 is 0 Å². The predicted octanol–water partition coefficient (Wildman–Crippen LogP) is 2.42. The molecule has 22 heavy (non-hydrogen) atoms. The molecule has 0 saturated heterocycles. The van der Waals surface area contributed by atoms with Crippen LogP contribution < -0.4 is 4.72 Å². The van der Waals surface area contributed by atoms with Gasteiger partial charge in [0.2, 0.25) is 0 Å². The van der Waals surface area contributed by atoms with Gasteiger partial charge in [-0.2, -0.15) is 5.10 Å². The van der Waals surface area contributed by atoms with Gasteiger partial charge in [-0.15, -0.1) is 0 Å². The fourth-order valence-corrected chi connectivity index (χ4v) is 2.50. The van der Waals surface area contributed by atoms with Crippen LogP contribution in [0, 0.1) is 0 Å². The van der Waals surface area contributed by atoms with E-state index in [1.165, 1.54) is 0 Å². The highest BCUT2D eigenvalue weighted by Crippen LogP contribution is 2.23. The summed E-state index contributed by atoms with van der Waals surface area (Å²) < 4.78 is 25.5. The van der Waals surface area contributed by atoms with Crippen molar-refractivity contribution in [3.8, 4) is 16.9 Å². The topological polar surface area (TPSA) is 70.0 Å². The second kappa shape index (κ2) is 6.65. The van der Waals surface area contributed by atoms with Crippen LogP contribution in [0.4, 0.5) is 0 Å². The van der Waals surface area contributed by atoms with Crippen LogP contribution in [0.2, 0.25) is 0 Å². The second-order valence-corrected chi connectivity index (χ2v) is 5.45. The minimum absolute atomic E-state index is 0.162. The smallest absolute Gasteiger partial charge is 0.0783 e. The highest BCUT2D eigenvalue weighted by atomic mass is 32.2. The van der Waals surface area contributed by atoms with Crippen molar-refractivity contribution in [2.75, 3.05) is 0 Å². The first-order chi connectivity index (χ1) is 10.7. The molecular formula is C16H14N3O2S-. The molecule has 0 aliphatic carbocycles. The zero-order valence-electron chi connectivity index (χ0n) is 11.7. The van der Waals surface area contributed by atoms with E-state index >= 15 is 0 Å². The molecule has 1 atom stereocenters. The maximum absolute atomic E-state index is 10.7. The molecule has 1 heterocycles. The van der Waals surface area contributed by atoms with Crippen LogP contribution in [0.25, 0.3) is 16.9 Å². The molecule has 0 aliphatic rings. The van der Waals surface area contributed by atoms with Crippen LogP contribution in [0.1, 0.15) is 5.69 Å². The SMILES string of the molecule is O=S([O-])NCc1cc(-c2ccccc2)n(-c2ccccc2)n1. The van der Waals surface area contributed by atoms with Crippen LogP contribution in [0.5, 0.6) is 0 Å². The van der Waals surface area contributed by atoms with Crippen LogP contribution in [0.3, 0.4) is 0 Å². The van der Waals surface area contributed by atoms with E-state index in [1.807, 2.05) is 71.4 Å². The number of nitrogens with zero attached hydrogens (tertiary/aromatic N) is 2. The lowest BCUT2D eigenvalue weighted by Gasteiger charge is -2.07. The Morgan fingerprint density at radius 2 is 1.68 bits per heavy atom. The van der Waals surface area contributed by atoms with E-state index in [-0.39, 0.29) is 6.54 Å². The molecule has 1 N–H and O–H groups in total. The summed E-state index contributed by atoms with van der Waals surface area (Å²) >= 11 is -2.30. The Hall–Kier alpha value is -2.28. The minimum Gasteiger partial charge on any atom is -0.760 e. The van der Waals surface area contributed by atoms with Gasteiger partial charge in [-0.05, 0) is 18.2 Å². The van der Waals surface area contributed by atoms with Gasteiger partial charge in [-0.25, -0.2) is 9.40 Å². The number of hydrogen-bond donors (Lipinski definition) is 1. The Morgan fingerprint density at radius 1 is 1.05 bits per heavy atom. The third-order valence-corrected chi connectivity index (χ3v) is 3.58. The second-order valence-electron chi connectivity index (χ2n) is 4.69. The Balaban J connectivity index is 2.04. The summed E-state index contributed by atoms with van der Waals surface area (Å²) in [6.07, 6.45) is 0. The van der Waals surface area contributed by atoms with Gasteiger partial charge in [0.15, 0.2) is 0 Å². The summed E-state index contributed by atoms with van der Waals surface area (Å²) in [6, 6.07) is 21.5. The number of para-hydroxylation sites is 1. The van der Waals surface area contributed by atoms with Gasteiger partial charge < -0.3 is 4.55 Å². The molecule has 3 aromatic rings. The lowest BCUT2D eigenvalue weighted by Crippen LogP contribution is -2.16. The predicted molar refractivity (Wildman–Crippen MR) is 84.8 cm³/mol. The Kier molecular flexibility index (Phi) is 4.43. The van der Waals surface area contributed by atoms with Crippen molar-refractivity contribution in [3.63, 3.8) is 0 Å². The largest absolute Gasteiger partial charge is 0.760 e. The molecule has 1 aromatic heterocycles. The van der Waals surface area contributed by atoms with Crippen LogP contribution in [0.15, 0.2) is 66.7 Å². The summed E-state index contributed by atoms with van der Waals surface area (Å²) in [4.78, 5) is 0. The van der Waals surface area contributed by atoms with E-state index in [0.29, 0.717) is 5.69 Å². The van der Waals surface area contributed by atoms with Crippen molar-refractivity contribution >= 4 is 11.3 Å². The number of benzene rings is 2. The normalized spacial score (nSPS) is 12.2. The number of aromatic nitrogens is 2. The molecule has 1 unspecified atom stereocenters. The van der Waals surface area contributed by atoms with Crippen molar-refractivity contribution in [2.45, 2.75) is 6.54 Å². The quantitative estimate of drug-likeness (QED) is 0.736. The van der Waals surface area contributed by atoms with Gasteiger partial charge in [0.1, 0.15) is 0 Å². The fraction of sp³-hybridized carbons (Fsp3) is 0.0625. The zero-order chi connectivity index (χ0) is 15.4. The molecule has 0 saturated carbocycles. The standard InChI is InChI=1S/C16H15N3O2S/c20-22(21)17-12-14-11-16(13-7-3-1-4-8-13)19(18-14)15-9-5-2-6-10-15/h1-11,17H,12H2,(H,20,21)/p-1. The first-order valence-electron chi connectivity index (χ1n) is 6.76. The van der Waals surface area contributed by atoms with Crippen molar-refractivity contribution in [2.24, 2.45) is 0 Å². The van der Waals surface area contributed by atoms with Crippen LogP contribution in [-0.2, 0) is 17.8 Å². The molecule has 0 fully saturated rings. The van der Waals surface area contributed by atoms with Crippen molar-refractivity contribution in [1.29, 1.82) is 0 Å². The Labute approximate surface area is 131 Å². The number of nitrogens with one attached hydrogen (secondary N) is 1. The maximum Gasteiger partial charge on any atom is 0.0783 e. The van der Waals surface area contributed by atoms with Crippen LogP contribution in [-0.4, -0.2) is 18.5 Å². The third kappa shape index (κ3) is 3.30. The lowest BCUT2D eigenvalue weighted by molar-refractivity contribution is 0.521. The molecule has 0 aliphatic heterocycles. The van der Waals surface area contributed by atoms with Crippen molar-refractivity contribution in [3.05, 3.63) is 72.4 Å². The van der Waals surface area contributed by atoms with Gasteiger partial charge in [-0.3, -0.25) is 4.21 Å². The van der Waals surface area contributed by atoms with E-state index in [0.717, 1.165) is 16.9 Å². The monoisotopic (exact) mass is 312 g/mol. The first-order valence-corrected chi connectivity index (χ1v) is 7.84. The third-order valence-electron chi connectivity index (χ3n) is 3.20. The first kappa shape index (κ1) is 14.6. The van der Waals surface area contributed by atoms with Crippen molar-refractivity contribution in [1.82, 2.24) is 14.5 Å². The number of rotatable bonds is 5. The molecule has 0 amide bonds. The van der Waals surface area contributed by atoms with E-state index in [2.05, 4.69) is 9.82 Å². The average molecular weight is 312 g/mol. The van der Waals surface area contributed by atoms with Gasteiger partial charge in [0, 0.05) is 16.8 Å².